The highest BCUT2D eigenvalue weighted by Crippen LogP contribution is 2.31. The lowest BCUT2D eigenvalue weighted by Gasteiger charge is -2.17. The second-order valence-electron chi connectivity index (χ2n) is 2.82. The van der Waals surface area contributed by atoms with Gasteiger partial charge >= 0.3 is 6.18 Å². The predicted octanol–water partition coefficient (Wildman–Crippen LogP) is 3.53. The van der Waals surface area contributed by atoms with Crippen molar-refractivity contribution in [2.24, 2.45) is 0 Å². The normalized spacial score (nSPS) is 11.9. The first-order valence-electron chi connectivity index (χ1n) is 3.82. The van der Waals surface area contributed by atoms with Crippen molar-refractivity contribution in [2.45, 2.75) is 12.1 Å². The van der Waals surface area contributed by atoms with E-state index >= 15 is 0 Å². The third-order valence-corrected chi connectivity index (χ3v) is 3.52. The smallest absolute Gasteiger partial charge is 0.342 e. The molecule has 0 saturated heterocycles. The van der Waals surface area contributed by atoms with Crippen molar-refractivity contribution in [3.8, 4) is 0 Å². The zero-order valence-corrected chi connectivity index (χ0v) is 9.94. The molecule has 8 heteroatoms. The van der Waals surface area contributed by atoms with Crippen molar-refractivity contribution >= 4 is 39.7 Å². The number of hydrogen-bond acceptors (Lipinski definition) is 3. The van der Waals surface area contributed by atoms with Gasteiger partial charge in [0.1, 0.15) is 11.7 Å². The van der Waals surface area contributed by atoms with Gasteiger partial charge in [-0.25, -0.2) is 4.98 Å². The summed E-state index contributed by atoms with van der Waals surface area (Å²) in [7, 11) is 1.31. The van der Waals surface area contributed by atoms with Gasteiger partial charge in [0.15, 0.2) is 5.13 Å². The summed E-state index contributed by atoms with van der Waals surface area (Å²) >= 11 is 12.3. The van der Waals surface area contributed by atoms with Gasteiger partial charge in [-0.2, -0.15) is 13.2 Å². The molecule has 0 atom stereocenters. The SMILES string of the molecule is CN(CC(F)(F)F)c1nc(Cl)c(CCl)s1. The molecule has 0 unspecified atom stereocenters. The van der Waals surface area contributed by atoms with Gasteiger partial charge in [-0.15, -0.1) is 11.6 Å². The molecule has 0 aliphatic rings. The molecule has 0 N–H and O–H groups in total. The van der Waals surface area contributed by atoms with Crippen LogP contribution in [0.2, 0.25) is 5.15 Å². The summed E-state index contributed by atoms with van der Waals surface area (Å²) in [5, 5.41) is 0.381. The third-order valence-electron chi connectivity index (χ3n) is 1.50. The van der Waals surface area contributed by atoms with Crippen molar-refractivity contribution < 1.29 is 13.2 Å². The number of anilines is 1. The van der Waals surface area contributed by atoms with Crippen LogP contribution in [0.5, 0.6) is 0 Å². The molecule has 0 spiro atoms. The van der Waals surface area contributed by atoms with Crippen LogP contribution in [0.3, 0.4) is 0 Å². The van der Waals surface area contributed by atoms with Gasteiger partial charge in [0, 0.05) is 7.05 Å². The van der Waals surface area contributed by atoms with Crippen molar-refractivity contribution in [1.82, 2.24) is 4.98 Å². The Morgan fingerprint density at radius 3 is 2.47 bits per heavy atom. The molecular weight excluding hydrogens is 272 g/mol. The van der Waals surface area contributed by atoms with Crippen LogP contribution in [-0.4, -0.2) is 24.8 Å². The molecule has 1 aromatic heterocycles. The zero-order chi connectivity index (χ0) is 11.6. The summed E-state index contributed by atoms with van der Waals surface area (Å²) in [5.41, 5.74) is 0. The van der Waals surface area contributed by atoms with Gasteiger partial charge in [0.05, 0.1) is 10.8 Å². The topological polar surface area (TPSA) is 16.1 Å². The predicted molar refractivity (Wildman–Crippen MR) is 56.0 cm³/mol. The molecule has 15 heavy (non-hydrogen) atoms. The fraction of sp³-hybridized carbons (Fsp3) is 0.571. The van der Waals surface area contributed by atoms with E-state index in [0.717, 1.165) is 16.2 Å². The summed E-state index contributed by atoms with van der Waals surface area (Å²) in [6, 6.07) is 0. The Morgan fingerprint density at radius 2 is 2.07 bits per heavy atom. The first-order chi connectivity index (χ1) is 6.83. The summed E-state index contributed by atoms with van der Waals surface area (Å²) < 4.78 is 36.2. The second kappa shape index (κ2) is 4.76. The van der Waals surface area contributed by atoms with Crippen molar-refractivity contribution in [3.05, 3.63) is 10.0 Å². The van der Waals surface area contributed by atoms with Gasteiger partial charge < -0.3 is 4.90 Å². The number of halogens is 5. The third kappa shape index (κ3) is 3.70. The fourth-order valence-electron chi connectivity index (χ4n) is 0.904. The molecule has 1 aromatic rings. The van der Waals surface area contributed by atoms with E-state index in [-0.39, 0.29) is 16.2 Å². The number of rotatable bonds is 3. The average molecular weight is 279 g/mol. The van der Waals surface area contributed by atoms with Gasteiger partial charge in [0.2, 0.25) is 0 Å². The lowest BCUT2D eigenvalue weighted by Crippen LogP contribution is -2.30. The number of nitrogens with zero attached hydrogens (tertiary/aromatic N) is 2. The molecule has 0 amide bonds. The molecule has 0 radical (unpaired) electrons. The van der Waals surface area contributed by atoms with Gasteiger partial charge in [-0.05, 0) is 0 Å². The van der Waals surface area contributed by atoms with Crippen molar-refractivity contribution in [3.63, 3.8) is 0 Å². The Hall–Kier alpha value is -0.200. The van der Waals surface area contributed by atoms with Crippen LogP contribution in [0.1, 0.15) is 4.88 Å². The molecule has 0 saturated carbocycles. The average Bonchev–Trinajstić information content (AvgIpc) is 2.43. The van der Waals surface area contributed by atoms with Crippen LogP contribution < -0.4 is 4.90 Å². The van der Waals surface area contributed by atoms with E-state index in [1.165, 1.54) is 7.05 Å². The van der Waals surface area contributed by atoms with Gasteiger partial charge in [0.25, 0.3) is 0 Å². The maximum atomic E-state index is 12.1. The van der Waals surface area contributed by atoms with E-state index < -0.39 is 12.7 Å². The quantitative estimate of drug-likeness (QED) is 0.787. The number of aromatic nitrogens is 1. The zero-order valence-electron chi connectivity index (χ0n) is 7.61. The highest BCUT2D eigenvalue weighted by Gasteiger charge is 2.30. The molecule has 0 aliphatic heterocycles. The Bertz CT molecular complexity index is 339. The summed E-state index contributed by atoms with van der Waals surface area (Å²) in [6.45, 7) is -1.06. The number of alkyl halides is 4. The van der Waals surface area contributed by atoms with Crippen molar-refractivity contribution in [2.75, 3.05) is 18.5 Å². The first-order valence-corrected chi connectivity index (χ1v) is 5.55. The van der Waals surface area contributed by atoms with E-state index in [0.29, 0.717) is 4.88 Å². The van der Waals surface area contributed by atoms with E-state index in [4.69, 9.17) is 23.2 Å². The van der Waals surface area contributed by atoms with E-state index in [1.54, 1.807) is 0 Å². The largest absolute Gasteiger partial charge is 0.405 e. The Labute approximate surface area is 98.6 Å². The minimum absolute atomic E-state index is 0.149. The maximum absolute atomic E-state index is 12.1. The molecule has 1 heterocycles. The molecule has 0 aromatic carbocycles. The van der Waals surface area contributed by atoms with Crippen LogP contribution in [0.4, 0.5) is 18.3 Å². The van der Waals surface area contributed by atoms with Gasteiger partial charge in [-0.1, -0.05) is 22.9 Å². The van der Waals surface area contributed by atoms with Crippen LogP contribution >= 0.6 is 34.5 Å². The van der Waals surface area contributed by atoms with Crippen LogP contribution in [0.25, 0.3) is 0 Å². The lowest BCUT2D eigenvalue weighted by atomic mass is 10.6. The standard InChI is InChI=1S/C7H7Cl2F3N2S/c1-14(3-7(10,11)12)6-13-5(9)4(2-8)15-6/h2-3H2,1H3. The molecule has 0 fully saturated rings. The molecule has 1 rings (SSSR count). The highest BCUT2D eigenvalue weighted by molar-refractivity contribution is 7.16. The minimum atomic E-state index is -4.26. The van der Waals surface area contributed by atoms with Gasteiger partial charge in [-0.3, -0.25) is 0 Å². The Morgan fingerprint density at radius 1 is 1.47 bits per heavy atom. The molecular formula is C7H7Cl2F3N2S. The van der Waals surface area contributed by atoms with Crippen LogP contribution in [0.15, 0.2) is 0 Å². The molecule has 2 nitrogen and oxygen atoms in total. The summed E-state index contributed by atoms with van der Waals surface area (Å²) in [6.07, 6.45) is -4.26. The van der Waals surface area contributed by atoms with E-state index in [1.807, 2.05) is 0 Å². The summed E-state index contributed by atoms with van der Waals surface area (Å²) in [5.74, 6) is 0.149. The van der Waals surface area contributed by atoms with E-state index in [2.05, 4.69) is 4.98 Å². The second-order valence-corrected chi connectivity index (χ2v) is 4.50. The highest BCUT2D eigenvalue weighted by atomic mass is 35.5. The van der Waals surface area contributed by atoms with Crippen molar-refractivity contribution in [1.29, 1.82) is 0 Å². The Kier molecular flexibility index (Phi) is 4.08. The molecule has 86 valence electrons. The lowest BCUT2D eigenvalue weighted by molar-refractivity contribution is -0.119. The minimum Gasteiger partial charge on any atom is -0.342 e. The summed E-state index contributed by atoms with van der Waals surface area (Å²) in [4.78, 5) is 5.36. The Balaban J connectivity index is 2.78. The fourth-order valence-corrected chi connectivity index (χ4v) is 2.34. The molecule has 0 aliphatic carbocycles. The molecule has 0 bridgehead atoms. The van der Waals surface area contributed by atoms with Crippen LogP contribution in [0, 0.1) is 0 Å². The van der Waals surface area contributed by atoms with Crippen LogP contribution in [-0.2, 0) is 5.88 Å². The number of hydrogen-bond donors (Lipinski definition) is 0. The first kappa shape index (κ1) is 12.9. The monoisotopic (exact) mass is 278 g/mol. The maximum Gasteiger partial charge on any atom is 0.405 e. The number of thiazole rings is 1. The van der Waals surface area contributed by atoms with E-state index in [9.17, 15) is 13.2 Å².